The van der Waals surface area contributed by atoms with Crippen molar-refractivity contribution >= 4 is 0 Å². The number of likely N-dealkylation sites (N-methyl/N-ethyl adjacent to an activating group) is 1. The summed E-state index contributed by atoms with van der Waals surface area (Å²) in [5.74, 6) is -0.346. The molecule has 0 aromatic heterocycles. The second kappa shape index (κ2) is 5.47. The van der Waals surface area contributed by atoms with Crippen molar-refractivity contribution in [1.29, 1.82) is 5.26 Å². The summed E-state index contributed by atoms with van der Waals surface area (Å²) in [7, 11) is 2.12. The molecule has 0 unspecified atom stereocenters. The van der Waals surface area contributed by atoms with Crippen LogP contribution in [0.4, 0.5) is 4.39 Å². The van der Waals surface area contributed by atoms with Gasteiger partial charge in [0.15, 0.2) is 0 Å². The van der Waals surface area contributed by atoms with E-state index in [1.807, 2.05) is 0 Å². The summed E-state index contributed by atoms with van der Waals surface area (Å²) in [4.78, 5) is 4.64. The number of halogens is 1. The van der Waals surface area contributed by atoms with Gasteiger partial charge in [-0.05, 0) is 31.7 Å². The summed E-state index contributed by atoms with van der Waals surface area (Å²) in [5, 5.41) is 9.04. The molecule has 0 amide bonds. The van der Waals surface area contributed by atoms with Crippen molar-refractivity contribution in [2.45, 2.75) is 19.5 Å². The molecule has 1 aromatic rings. The van der Waals surface area contributed by atoms with Crippen LogP contribution in [0.25, 0.3) is 0 Å². The Labute approximate surface area is 107 Å². The monoisotopic (exact) mass is 247 g/mol. The summed E-state index contributed by atoms with van der Waals surface area (Å²) in [6, 6.07) is 7.00. The third-order valence-electron chi connectivity index (χ3n) is 3.53. The molecule has 0 saturated carbocycles. The molecular formula is C14H18FN3. The van der Waals surface area contributed by atoms with Gasteiger partial charge in [-0.25, -0.2) is 4.39 Å². The van der Waals surface area contributed by atoms with Crippen LogP contribution in [0.1, 0.15) is 18.1 Å². The largest absolute Gasteiger partial charge is 0.304 e. The summed E-state index contributed by atoms with van der Waals surface area (Å²) >= 11 is 0. The first-order valence-electron chi connectivity index (χ1n) is 6.21. The molecule has 1 atom stereocenters. The molecule has 1 saturated heterocycles. The zero-order valence-electron chi connectivity index (χ0n) is 10.9. The molecule has 1 aliphatic rings. The number of hydrogen-bond acceptors (Lipinski definition) is 3. The molecule has 2 rings (SSSR count). The third-order valence-corrected chi connectivity index (χ3v) is 3.53. The Hall–Kier alpha value is -1.44. The van der Waals surface area contributed by atoms with Gasteiger partial charge >= 0.3 is 0 Å². The highest BCUT2D eigenvalue weighted by atomic mass is 19.1. The third kappa shape index (κ3) is 2.87. The van der Waals surface area contributed by atoms with E-state index in [0.29, 0.717) is 11.6 Å². The Kier molecular flexibility index (Phi) is 3.95. The van der Waals surface area contributed by atoms with E-state index in [0.717, 1.165) is 31.7 Å². The lowest BCUT2D eigenvalue weighted by Gasteiger charge is -2.38. The molecular weight excluding hydrogens is 229 g/mol. The maximum Gasteiger partial charge on any atom is 0.124 e. The number of hydrogen-bond donors (Lipinski definition) is 0. The first kappa shape index (κ1) is 13.0. The van der Waals surface area contributed by atoms with E-state index < -0.39 is 0 Å². The summed E-state index contributed by atoms with van der Waals surface area (Å²) in [6.07, 6.45) is 0. The van der Waals surface area contributed by atoms with Gasteiger partial charge < -0.3 is 4.90 Å². The Bertz CT molecular complexity index is 467. The molecule has 18 heavy (non-hydrogen) atoms. The fourth-order valence-electron chi connectivity index (χ4n) is 2.42. The molecule has 0 radical (unpaired) electrons. The van der Waals surface area contributed by atoms with E-state index in [2.05, 4.69) is 29.8 Å². The second-order valence-corrected chi connectivity index (χ2v) is 5.00. The van der Waals surface area contributed by atoms with Crippen molar-refractivity contribution in [2.75, 3.05) is 26.7 Å². The molecule has 3 nitrogen and oxygen atoms in total. The molecule has 0 spiro atoms. The van der Waals surface area contributed by atoms with Gasteiger partial charge in [-0.3, -0.25) is 4.90 Å². The minimum absolute atomic E-state index is 0.346. The maximum absolute atomic E-state index is 13.1. The topological polar surface area (TPSA) is 30.3 Å². The molecule has 96 valence electrons. The predicted octanol–water partition coefficient (Wildman–Crippen LogP) is 1.83. The quantitative estimate of drug-likeness (QED) is 0.798. The van der Waals surface area contributed by atoms with Gasteiger partial charge in [-0.15, -0.1) is 0 Å². The fourth-order valence-corrected chi connectivity index (χ4v) is 2.42. The number of nitriles is 1. The highest BCUT2D eigenvalue weighted by molar-refractivity contribution is 5.37. The van der Waals surface area contributed by atoms with E-state index in [4.69, 9.17) is 5.26 Å². The van der Waals surface area contributed by atoms with Crippen LogP contribution in [0.5, 0.6) is 0 Å². The van der Waals surface area contributed by atoms with Gasteiger partial charge in [0.1, 0.15) is 5.82 Å². The number of rotatable bonds is 2. The van der Waals surface area contributed by atoms with Crippen molar-refractivity contribution in [3.05, 3.63) is 35.1 Å². The Morgan fingerprint density at radius 1 is 1.44 bits per heavy atom. The van der Waals surface area contributed by atoms with Gasteiger partial charge in [0.05, 0.1) is 11.6 Å². The van der Waals surface area contributed by atoms with Gasteiger partial charge in [0.2, 0.25) is 0 Å². The maximum atomic E-state index is 13.1. The molecule has 4 heteroatoms. The van der Waals surface area contributed by atoms with Crippen LogP contribution in [0.2, 0.25) is 0 Å². The summed E-state index contributed by atoms with van der Waals surface area (Å²) in [5.41, 5.74) is 1.36. The molecule has 0 N–H and O–H groups in total. The molecule has 1 fully saturated rings. The van der Waals surface area contributed by atoms with Gasteiger partial charge in [0, 0.05) is 32.2 Å². The highest BCUT2D eigenvalue weighted by Crippen LogP contribution is 2.16. The number of piperazine rings is 1. The number of nitrogens with zero attached hydrogens (tertiary/aromatic N) is 3. The summed E-state index contributed by atoms with van der Waals surface area (Å²) < 4.78 is 13.1. The molecule has 1 aromatic carbocycles. The van der Waals surface area contributed by atoms with Crippen LogP contribution in [0.3, 0.4) is 0 Å². The number of benzene rings is 1. The summed E-state index contributed by atoms with van der Waals surface area (Å²) in [6.45, 7) is 5.96. The van der Waals surface area contributed by atoms with Crippen LogP contribution in [0, 0.1) is 17.1 Å². The SMILES string of the molecule is C[C@@H]1CN(C)CCN1Cc1ccc(F)cc1C#N. The zero-order valence-corrected chi connectivity index (χ0v) is 10.9. The van der Waals surface area contributed by atoms with Crippen molar-refractivity contribution in [3.63, 3.8) is 0 Å². The first-order valence-corrected chi connectivity index (χ1v) is 6.21. The average Bonchev–Trinajstić information content (AvgIpc) is 2.34. The second-order valence-electron chi connectivity index (χ2n) is 5.00. The lowest BCUT2D eigenvalue weighted by molar-refractivity contribution is 0.0937. The van der Waals surface area contributed by atoms with E-state index >= 15 is 0 Å². The predicted molar refractivity (Wildman–Crippen MR) is 68.5 cm³/mol. The lowest BCUT2D eigenvalue weighted by Crippen LogP contribution is -2.49. The highest BCUT2D eigenvalue weighted by Gasteiger charge is 2.22. The fraction of sp³-hybridized carbons (Fsp3) is 0.500. The zero-order chi connectivity index (χ0) is 13.1. The standard InChI is InChI=1S/C14H18FN3/c1-11-9-17(2)5-6-18(11)10-12-3-4-14(15)7-13(12)8-16/h3-4,7,11H,5-6,9-10H2,1-2H3/t11-/m1/s1. The van der Waals surface area contributed by atoms with E-state index in [-0.39, 0.29) is 5.82 Å². The van der Waals surface area contributed by atoms with Crippen molar-refractivity contribution in [1.82, 2.24) is 9.80 Å². The van der Waals surface area contributed by atoms with Crippen LogP contribution in [0.15, 0.2) is 18.2 Å². The first-order chi connectivity index (χ1) is 8.60. The molecule has 0 bridgehead atoms. The van der Waals surface area contributed by atoms with Gasteiger partial charge in [0.25, 0.3) is 0 Å². The normalized spacial score (nSPS) is 21.8. The van der Waals surface area contributed by atoms with Crippen LogP contribution in [-0.2, 0) is 6.54 Å². The smallest absolute Gasteiger partial charge is 0.124 e. The van der Waals surface area contributed by atoms with Gasteiger partial charge in [-0.1, -0.05) is 6.07 Å². The van der Waals surface area contributed by atoms with Crippen LogP contribution in [-0.4, -0.2) is 42.5 Å². The molecule has 0 aliphatic carbocycles. The Balaban J connectivity index is 2.12. The van der Waals surface area contributed by atoms with Crippen LogP contribution >= 0.6 is 0 Å². The van der Waals surface area contributed by atoms with E-state index in [1.54, 1.807) is 6.07 Å². The van der Waals surface area contributed by atoms with E-state index in [9.17, 15) is 4.39 Å². The van der Waals surface area contributed by atoms with Gasteiger partial charge in [-0.2, -0.15) is 5.26 Å². The Morgan fingerprint density at radius 3 is 2.89 bits per heavy atom. The average molecular weight is 247 g/mol. The van der Waals surface area contributed by atoms with Crippen molar-refractivity contribution in [2.24, 2.45) is 0 Å². The molecule has 1 aliphatic heterocycles. The molecule has 1 heterocycles. The minimum atomic E-state index is -0.346. The van der Waals surface area contributed by atoms with E-state index in [1.165, 1.54) is 12.1 Å². The minimum Gasteiger partial charge on any atom is -0.304 e. The van der Waals surface area contributed by atoms with Crippen molar-refractivity contribution in [3.8, 4) is 6.07 Å². The van der Waals surface area contributed by atoms with Crippen molar-refractivity contribution < 1.29 is 4.39 Å². The van der Waals surface area contributed by atoms with Crippen LogP contribution < -0.4 is 0 Å². The lowest BCUT2D eigenvalue weighted by atomic mass is 10.1. The Morgan fingerprint density at radius 2 is 2.22 bits per heavy atom.